The van der Waals surface area contributed by atoms with Gasteiger partial charge < -0.3 is 9.47 Å². The Kier molecular flexibility index (Phi) is 4.93. The van der Waals surface area contributed by atoms with Crippen molar-refractivity contribution >= 4 is 5.78 Å². The van der Waals surface area contributed by atoms with Gasteiger partial charge in [0.25, 0.3) is 0 Å². The average molecular weight is 263 g/mol. The Bertz CT molecular complexity index is 427. The number of ether oxygens (including phenoxy) is 2. The predicted molar refractivity (Wildman–Crippen MR) is 73.8 cm³/mol. The van der Waals surface area contributed by atoms with Gasteiger partial charge in [-0.2, -0.15) is 0 Å². The van der Waals surface area contributed by atoms with E-state index in [-0.39, 0.29) is 11.9 Å². The lowest BCUT2D eigenvalue weighted by Crippen LogP contribution is -2.33. The molecular weight excluding hydrogens is 242 g/mol. The fourth-order valence-electron chi connectivity index (χ4n) is 2.33. The largest absolute Gasteiger partial charge is 0.497 e. The van der Waals surface area contributed by atoms with Crippen LogP contribution in [0.25, 0.3) is 0 Å². The Labute approximate surface area is 114 Å². The van der Waals surface area contributed by atoms with Crippen LogP contribution in [0.1, 0.15) is 23.2 Å². The summed E-state index contributed by atoms with van der Waals surface area (Å²) in [5.41, 5.74) is 0.693. The molecule has 1 heterocycles. The van der Waals surface area contributed by atoms with Crippen LogP contribution >= 0.6 is 0 Å². The molecule has 0 aliphatic carbocycles. The molecule has 1 unspecified atom stereocenters. The number of nitrogens with zero attached hydrogens (tertiary/aromatic N) is 1. The van der Waals surface area contributed by atoms with E-state index >= 15 is 0 Å². The van der Waals surface area contributed by atoms with Gasteiger partial charge in [0, 0.05) is 18.7 Å². The monoisotopic (exact) mass is 263 g/mol. The van der Waals surface area contributed by atoms with Gasteiger partial charge in [-0.1, -0.05) is 12.1 Å². The minimum absolute atomic E-state index is 0.111. The quantitative estimate of drug-likeness (QED) is 0.736. The fraction of sp³-hybridized carbons (Fsp3) is 0.533. The van der Waals surface area contributed by atoms with Crippen molar-refractivity contribution in [3.05, 3.63) is 29.8 Å². The molecule has 0 amide bonds. The Morgan fingerprint density at radius 2 is 2.37 bits per heavy atom. The van der Waals surface area contributed by atoms with Gasteiger partial charge in [-0.3, -0.25) is 9.69 Å². The molecule has 1 aromatic carbocycles. The molecule has 104 valence electrons. The topological polar surface area (TPSA) is 38.8 Å². The highest BCUT2D eigenvalue weighted by molar-refractivity contribution is 5.97. The highest BCUT2D eigenvalue weighted by Gasteiger charge is 2.19. The SMILES string of the molecule is COc1cccc(C(=O)CN(C)CC2CCCO2)c1. The molecule has 1 fully saturated rings. The van der Waals surface area contributed by atoms with Gasteiger partial charge in [-0.05, 0) is 32.0 Å². The van der Waals surface area contributed by atoms with Crippen molar-refractivity contribution in [3.63, 3.8) is 0 Å². The third-order valence-electron chi connectivity index (χ3n) is 3.34. The first-order valence-electron chi connectivity index (χ1n) is 6.66. The molecule has 1 aromatic rings. The van der Waals surface area contributed by atoms with Gasteiger partial charge in [-0.25, -0.2) is 0 Å². The van der Waals surface area contributed by atoms with Crippen LogP contribution in [0.5, 0.6) is 5.75 Å². The van der Waals surface area contributed by atoms with E-state index in [2.05, 4.69) is 0 Å². The van der Waals surface area contributed by atoms with Crippen molar-refractivity contribution < 1.29 is 14.3 Å². The van der Waals surface area contributed by atoms with Gasteiger partial charge in [0.1, 0.15) is 5.75 Å². The van der Waals surface area contributed by atoms with Gasteiger partial charge >= 0.3 is 0 Å². The van der Waals surface area contributed by atoms with Gasteiger partial charge in [0.05, 0.1) is 19.8 Å². The number of hydrogen-bond acceptors (Lipinski definition) is 4. The molecular formula is C15H21NO3. The second-order valence-corrected chi connectivity index (χ2v) is 4.99. The van der Waals surface area contributed by atoms with Crippen LogP contribution in [0.2, 0.25) is 0 Å². The predicted octanol–water partition coefficient (Wildman–Crippen LogP) is 1.99. The lowest BCUT2D eigenvalue weighted by Gasteiger charge is -2.19. The van der Waals surface area contributed by atoms with Crippen molar-refractivity contribution in [1.29, 1.82) is 0 Å². The Balaban J connectivity index is 1.88. The van der Waals surface area contributed by atoms with E-state index in [0.29, 0.717) is 17.9 Å². The Morgan fingerprint density at radius 3 is 3.05 bits per heavy atom. The van der Waals surface area contributed by atoms with Gasteiger partial charge in [0.2, 0.25) is 0 Å². The van der Waals surface area contributed by atoms with Crippen molar-refractivity contribution in [1.82, 2.24) is 4.90 Å². The second-order valence-electron chi connectivity index (χ2n) is 4.99. The molecule has 0 radical (unpaired) electrons. The molecule has 0 aromatic heterocycles. The maximum atomic E-state index is 12.2. The van der Waals surface area contributed by atoms with Crippen molar-refractivity contribution in [2.75, 3.05) is 33.9 Å². The number of likely N-dealkylation sites (N-methyl/N-ethyl adjacent to an activating group) is 1. The first-order chi connectivity index (χ1) is 9.19. The highest BCUT2D eigenvalue weighted by atomic mass is 16.5. The highest BCUT2D eigenvalue weighted by Crippen LogP contribution is 2.15. The average Bonchev–Trinajstić information content (AvgIpc) is 2.91. The third kappa shape index (κ3) is 4.04. The van der Waals surface area contributed by atoms with Crippen LogP contribution < -0.4 is 4.74 Å². The molecule has 19 heavy (non-hydrogen) atoms. The molecule has 1 aliphatic rings. The number of carbonyl (C=O) groups is 1. The summed E-state index contributed by atoms with van der Waals surface area (Å²) in [4.78, 5) is 14.2. The third-order valence-corrected chi connectivity index (χ3v) is 3.34. The minimum Gasteiger partial charge on any atom is -0.497 e. The van der Waals surface area contributed by atoms with Crippen LogP contribution in [-0.2, 0) is 4.74 Å². The van der Waals surface area contributed by atoms with E-state index < -0.39 is 0 Å². The van der Waals surface area contributed by atoms with E-state index in [9.17, 15) is 4.79 Å². The first kappa shape index (κ1) is 14.0. The molecule has 0 bridgehead atoms. The van der Waals surface area contributed by atoms with Gasteiger partial charge in [0.15, 0.2) is 5.78 Å². The number of benzene rings is 1. The Morgan fingerprint density at radius 1 is 1.53 bits per heavy atom. The van der Waals surface area contributed by atoms with Crippen molar-refractivity contribution in [2.24, 2.45) is 0 Å². The molecule has 1 aliphatic heterocycles. The molecule has 2 rings (SSSR count). The van der Waals surface area contributed by atoms with Crippen LogP contribution in [0.15, 0.2) is 24.3 Å². The van der Waals surface area contributed by atoms with E-state index in [1.165, 1.54) is 0 Å². The lowest BCUT2D eigenvalue weighted by atomic mass is 10.1. The first-order valence-corrected chi connectivity index (χ1v) is 6.66. The number of Topliss-reactive ketones (excluding diaryl/α,β-unsaturated/α-hetero) is 1. The smallest absolute Gasteiger partial charge is 0.176 e. The maximum Gasteiger partial charge on any atom is 0.176 e. The minimum atomic E-state index is 0.111. The molecule has 0 saturated carbocycles. The summed E-state index contributed by atoms with van der Waals surface area (Å²) in [6.07, 6.45) is 2.50. The maximum absolute atomic E-state index is 12.2. The number of methoxy groups -OCH3 is 1. The summed E-state index contributed by atoms with van der Waals surface area (Å²) in [5, 5.41) is 0. The summed E-state index contributed by atoms with van der Waals surface area (Å²) in [7, 11) is 3.56. The van der Waals surface area contributed by atoms with Crippen LogP contribution in [-0.4, -0.2) is 50.6 Å². The van der Waals surface area contributed by atoms with E-state index in [4.69, 9.17) is 9.47 Å². The summed E-state index contributed by atoms with van der Waals surface area (Å²) < 4.78 is 10.7. The Hall–Kier alpha value is -1.39. The van der Waals surface area contributed by atoms with Crippen LogP contribution in [0.3, 0.4) is 0 Å². The summed E-state index contributed by atoms with van der Waals surface area (Å²) in [6, 6.07) is 7.28. The lowest BCUT2D eigenvalue weighted by molar-refractivity contribution is 0.0740. The molecule has 1 atom stereocenters. The second kappa shape index (κ2) is 6.68. The zero-order chi connectivity index (χ0) is 13.7. The number of ketones is 1. The number of hydrogen-bond donors (Lipinski definition) is 0. The molecule has 0 N–H and O–H groups in total. The molecule has 4 nitrogen and oxygen atoms in total. The summed E-state index contributed by atoms with van der Waals surface area (Å²) >= 11 is 0. The zero-order valence-corrected chi connectivity index (χ0v) is 11.6. The van der Waals surface area contributed by atoms with E-state index in [1.807, 2.05) is 30.1 Å². The summed E-state index contributed by atoms with van der Waals surface area (Å²) in [5.74, 6) is 0.826. The molecule has 4 heteroatoms. The standard InChI is InChI=1S/C15H21NO3/c1-16(10-14-7-4-8-19-14)11-15(17)12-5-3-6-13(9-12)18-2/h3,5-6,9,14H,4,7-8,10-11H2,1-2H3. The van der Waals surface area contributed by atoms with Crippen molar-refractivity contribution in [3.8, 4) is 5.75 Å². The normalized spacial score (nSPS) is 18.8. The van der Waals surface area contributed by atoms with Crippen LogP contribution in [0.4, 0.5) is 0 Å². The zero-order valence-electron chi connectivity index (χ0n) is 11.6. The van der Waals surface area contributed by atoms with Gasteiger partial charge in [-0.15, -0.1) is 0 Å². The molecule has 0 spiro atoms. The molecule has 1 saturated heterocycles. The fourth-order valence-corrected chi connectivity index (χ4v) is 2.33. The van der Waals surface area contributed by atoms with E-state index in [0.717, 1.165) is 26.0 Å². The number of rotatable bonds is 6. The van der Waals surface area contributed by atoms with Crippen molar-refractivity contribution in [2.45, 2.75) is 18.9 Å². The number of carbonyl (C=O) groups excluding carboxylic acids is 1. The summed E-state index contributed by atoms with van der Waals surface area (Å²) in [6.45, 7) is 2.07. The van der Waals surface area contributed by atoms with Crippen LogP contribution in [0, 0.1) is 0 Å². The van der Waals surface area contributed by atoms with E-state index in [1.54, 1.807) is 13.2 Å².